The Hall–Kier alpha value is -2.46. The summed E-state index contributed by atoms with van der Waals surface area (Å²) in [5.74, 6) is -0.613. The van der Waals surface area contributed by atoms with E-state index in [0.29, 0.717) is 11.1 Å². The molecule has 1 unspecified atom stereocenters. The van der Waals surface area contributed by atoms with Crippen LogP contribution in [-0.4, -0.2) is 24.8 Å². The summed E-state index contributed by atoms with van der Waals surface area (Å²) < 4.78 is 0. The van der Waals surface area contributed by atoms with Crippen molar-refractivity contribution in [3.63, 3.8) is 0 Å². The lowest BCUT2D eigenvalue weighted by Crippen LogP contribution is -2.29. The Morgan fingerprint density at radius 1 is 1.04 bits per heavy atom. The number of nitrogens with two attached hydrogens (primary N) is 1. The molecule has 2 aromatic carbocycles. The molecule has 1 aliphatic rings. The van der Waals surface area contributed by atoms with Gasteiger partial charge < -0.3 is 11.1 Å². The van der Waals surface area contributed by atoms with E-state index in [9.17, 15) is 9.59 Å². The number of nitrogens with one attached hydrogen (secondary N) is 1. The Kier molecular flexibility index (Phi) is 5.29. The van der Waals surface area contributed by atoms with Gasteiger partial charge in [0.05, 0.1) is 5.56 Å². The molecule has 2 aromatic rings. The third-order valence-corrected chi connectivity index (χ3v) is 5.08. The second-order valence-corrected chi connectivity index (χ2v) is 6.65. The lowest BCUT2D eigenvalue weighted by atomic mass is 9.80. The van der Waals surface area contributed by atoms with Crippen molar-refractivity contribution in [2.75, 3.05) is 13.1 Å². The van der Waals surface area contributed by atoms with Gasteiger partial charge in [0.2, 0.25) is 5.91 Å². The number of piperidine rings is 1. The molecule has 3 rings (SSSR count). The van der Waals surface area contributed by atoms with E-state index in [2.05, 4.69) is 5.32 Å². The highest BCUT2D eigenvalue weighted by Gasteiger charge is 2.28. The highest BCUT2D eigenvalue weighted by molar-refractivity contribution is 6.11. The highest BCUT2D eigenvalue weighted by Crippen LogP contribution is 2.33. The van der Waals surface area contributed by atoms with Crippen LogP contribution in [0.15, 0.2) is 48.5 Å². The number of hydrogen-bond acceptors (Lipinski definition) is 3. The van der Waals surface area contributed by atoms with Crippen LogP contribution in [0.4, 0.5) is 0 Å². The summed E-state index contributed by atoms with van der Waals surface area (Å²) in [5.41, 5.74) is 8.35. The molecule has 0 bridgehead atoms. The molecule has 0 aromatic heterocycles. The van der Waals surface area contributed by atoms with Crippen LogP contribution in [-0.2, 0) is 0 Å². The van der Waals surface area contributed by atoms with Crippen LogP contribution in [0.1, 0.15) is 63.4 Å². The number of primary amides is 1. The lowest BCUT2D eigenvalue weighted by molar-refractivity contribution is 0.0944. The van der Waals surface area contributed by atoms with Crippen molar-refractivity contribution in [3.8, 4) is 0 Å². The van der Waals surface area contributed by atoms with Crippen LogP contribution in [0.2, 0.25) is 0 Å². The first-order valence-corrected chi connectivity index (χ1v) is 8.82. The summed E-state index contributed by atoms with van der Waals surface area (Å²) in [6, 6.07) is 15.1. The Balaban J connectivity index is 2.05. The van der Waals surface area contributed by atoms with Gasteiger partial charge >= 0.3 is 0 Å². The zero-order chi connectivity index (χ0) is 17.8. The molecule has 1 atom stereocenters. The maximum absolute atomic E-state index is 13.3. The van der Waals surface area contributed by atoms with Gasteiger partial charge in [0.25, 0.3) is 0 Å². The number of carbonyl (C=O) groups is 2. The monoisotopic (exact) mass is 336 g/mol. The topological polar surface area (TPSA) is 72.2 Å². The SMILES string of the molecule is CC(C(=O)c1c(C(N)=O)cccc1C1CCNCC1)c1ccccc1. The predicted octanol–water partition coefficient (Wildman–Crippen LogP) is 3.24. The fourth-order valence-electron chi connectivity index (χ4n) is 3.63. The summed E-state index contributed by atoms with van der Waals surface area (Å²) in [6.45, 7) is 3.74. The van der Waals surface area contributed by atoms with Gasteiger partial charge in [0.15, 0.2) is 5.78 Å². The molecule has 1 fully saturated rings. The van der Waals surface area contributed by atoms with E-state index >= 15 is 0 Å². The standard InChI is InChI=1S/C21H24N2O2/c1-14(15-6-3-2-4-7-15)20(24)19-17(16-10-12-23-13-11-16)8-5-9-18(19)21(22)25/h2-9,14,16,23H,10-13H2,1H3,(H2,22,25). The quantitative estimate of drug-likeness (QED) is 0.823. The number of ketones is 1. The van der Waals surface area contributed by atoms with E-state index in [-0.39, 0.29) is 17.6 Å². The van der Waals surface area contributed by atoms with Gasteiger partial charge in [-0.25, -0.2) is 0 Å². The lowest BCUT2D eigenvalue weighted by Gasteiger charge is -2.26. The maximum atomic E-state index is 13.3. The number of rotatable bonds is 5. The Morgan fingerprint density at radius 3 is 2.36 bits per heavy atom. The number of benzene rings is 2. The fraction of sp³-hybridized carbons (Fsp3) is 0.333. The normalized spacial score (nSPS) is 16.4. The van der Waals surface area contributed by atoms with Gasteiger partial charge in [0, 0.05) is 11.5 Å². The Bertz CT molecular complexity index is 765. The van der Waals surface area contributed by atoms with Crippen LogP contribution in [0.5, 0.6) is 0 Å². The molecule has 3 N–H and O–H groups in total. The third-order valence-electron chi connectivity index (χ3n) is 5.08. The van der Waals surface area contributed by atoms with Gasteiger partial charge in [-0.2, -0.15) is 0 Å². The van der Waals surface area contributed by atoms with Crippen LogP contribution >= 0.6 is 0 Å². The number of Topliss-reactive ketones (excluding diaryl/α,β-unsaturated/α-hetero) is 1. The van der Waals surface area contributed by atoms with E-state index in [4.69, 9.17) is 5.73 Å². The van der Waals surface area contributed by atoms with Crippen LogP contribution in [0, 0.1) is 0 Å². The van der Waals surface area contributed by atoms with Gasteiger partial charge in [-0.15, -0.1) is 0 Å². The van der Waals surface area contributed by atoms with E-state index in [1.807, 2.05) is 49.4 Å². The van der Waals surface area contributed by atoms with Crippen molar-refractivity contribution in [3.05, 3.63) is 70.8 Å². The summed E-state index contributed by atoms with van der Waals surface area (Å²) >= 11 is 0. The van der Waals surface area contributed by atoms with Crippen molar-refractivity contribution >= 4 is 11.7 Å². The molecule has 1 saturated heterocycles. The largest absolute Gasteiger partial charge is 0.366 e. The molecular weight excluding hydrogens is 312 g/mol. The third kappa shape index (κ3) is 3.64. The van der Waals surface area contributed by atoms with E-state index in [1.54, 1.807) is 6.07 Å². The maximum Gasteiger partial charge on any atom is 0.249 e. The molecule has 4 heteroatoms. The summed E-state index contributed by atoms with van der Waals surface area (Å²) in [6.07, 6.45) is 1.92. The average molecular weight is 336 g/mol. The van der Waals surface area contributed by atoms with Crippen LogP contribution < -0.4 is 11.1 Å². The molecule has 0 spiro atoms. The molecule has 0 saturated carbocycles. The van der Waals surface area contributed by atoms with Crippen molar-refractivity contribution < 1.29 is 9.59 Å². The van der Waals surface area contributed by atoms with Gasteiger partial charge in [-0.05, 0) is 49.0 Å². The first-order valence-electron chi connectivity index (χ1n) is 8.82. The Morgan fingerprint density at radius 2 is 1.72 bits per heavy atom. The minimum Gasteiger partial charge on any atom is -0.366 e. The fourth-order valence-corrected chi connectivity index (χ4v) is 3.63. The minimum absolute atomic E-state index is 0.0332. The number of carbonyl (C=O) groups excluding carboxylic acids is 2. The van der Waals surface area contributed by atoms with E-state index in [1.165, 1.54) is 0 Å². The molecule has 1 amide bonds. The minimum atomic E-state index is -0.542. The summed E-state index contributed by atoms with van der Waals surface area (Å²) in [4.78, 5) is 25.3. The average Bonchev–Trinajstić information content (AvgIpc) is 2.67. The van der Waals surface area contributed by atoms with Gasteiger partial charge in [-0.1, -0.05) is 49.4 Å². The van der Waals surface area contributed by atoms with Crippen molar-refractivity contribution in [2.24, 2.45) is 5.73 Å². The van der Waals surface area contributed by atoms with Crippen molar-refractivity contribution in [1.29, 1.82) is 0 Å². The molecule has 25 heavy (non-hydrogen) atoms. The molecule has 0 radical (unpaired) electrons. The van der Waals surface area contributed by atoms with Gasteiger partial charge in [-0.3, -0.25) is 9.59 Å². The zero-order valence-electron chi connectivity index (χ0n) is 14.5. The van der Waals surface area contributed by atoms with E-state index in [0.717, 1.165) is 37.1 Å². The second kappa shape index (κ2) is 7.62. The predicted molar refractivity (Wildman–Crippen MR) is 99.0 cm³/mol. The first kappa shape index (κ1) is 17.4. The van der Waals surface area contributed by atoms with Crippen molar-refractivity contribution in [1.82, 2.24) is 5.32 Å². The summed E-state index contributed by atoms with van der Waals surface area (Å²) in [7, 11) is 0. The highest BCUT2D eigenvalue weighted by atomic mass is 16.1. The molecule has 1 heterocycles. The van der Waals surface area contributed by atoms with Gasteiger partial charge in [0.1, 0.15) is 0 Å². The smallest absolute Gasteiger partial charge is 0.249 e. The molecule has 0 aliphatic carbocycles. The van der Waals surface area contributed by atoms with Crippen LogP contribution in [0.25, 0.3) is 0 Å². The van der Waals surface area contributed by atoms with E-state index < -0.39 is 5.91 Å². The zero-order valence-corrected chi connectivity index (χ0v) is 14.5. The van der Waals surface area contributed by atoms with Crippen LogP contribution in [0.3, 0.4) is 0 Å². The second-order valence-electron chi connectivity index (χ2n) is 6.65. The molecule has 4 nitrogen and oxygen atoms in total. The molecule has 130 valence electrons. The summed E-state index contributed by atoms with van der Waals surface area (Å²) in [5, 5.41) is 3.34. The Labute approximate surface area is 148 Å². The first-order chi connectivity index (χ1) is 12.1. The molecular formula is C21H24N2O2. The number of amides is 1. The van der Waals surface area contributed by atoms with Crippen molar-refractivity contribution in [2.45, 2.75) is 31.6 Å². The molecule has 1 aliphatic heterocycles. The number of hydrogen-bond donors (Lipinski definition) is 2.